The molecule has 1 aromatic rings. The molecule has 124 valence electrons. The van der Waals surface area contributed by atoms with Gasteiger partial charge in [-0.2, -0.15) is 0 Å². The number of nitrogens with zero attached hydrogens (tertiary/aromatic N) is 1. The fraction of sp³-hybridized carbons (Fsp3) is 0.571. The second-order valence-electron chi connectivity index (χ2n) is 5.72. The average Bonchev–Trinajstić information content (AvgIpc) is 2.36. The molecule has 1 fully saturated rings. The molecular formula is C14H19BrF2N2O2S. The van der Waals surface area contributed by atoms with Gasteiger partial charge in [0.15, 0.2) is 0 Å². The average molecular weight is 397 g/mol. The first kappa shape index (κ1) is 17.8. The van der Waals surface area contributed by atoms with Crippen LogP contribution in [0.1, 0.15) is 26.7 Å². The summed E-state index contributed by atoms with van der Waals surface area (Å²) in [6, 6.07) is 1.69. The van der Waals surface area contributed by atoms with Crippen LogP contribution in [0.3, 0.4) is 0 Å². The van der Waals surface area contributed by atoms with E-state index >= 15 is 0 Å². The van der Waals surface area contributed by atoms with Crippen molar-refractivity contribution in [3.05, 3.63) is 28.2 Å². The molecule has 0 radical (unpaired) electrons. The molecule has 1 heterocycles. The molecular weight excluding hydrogens is 378 g/mol. The Morgan fingerprint density at radius 1 is 1.27 bits per heavy atom. The van der Waals surface area contributed by atoms with Crippen molar-refractivity contribution in [1.29, 1.82) is 0 Å². The van der Waals surface area contributed by atoms with Gasteiger partial charge in [0.25, 0.3) is 0 Å². The third-order valence-corrected chi connectivity index (χ3v) is 6.30. The Morgan fingerprint density at radius 2 is 1.86 bits per heavy atom. The zero-order valence-corrected chi connectivity index (χ0v) is 14.8. The van der Waals surface area contributed by atoms with E-state index in [1.165, 1.54) is 0 Å². The number of rotatable bonds is 4. The van der Waals surface area contributed by atoms with Crippen LogP contribution in [0, 0.1) is 11.6 Å². The van der Waals surface area contributed by atoms with Crippen molar-refractivity contribution in [2.75, 3.05) is 13.1 Å². The van der Waals surface area contributed by atoms with Crippen molar-refractivity contribution in [2.45, 2.75) is 43.7 Å². The monoisotopic (exact) mass is 396 g/mol. The predicted octanol–water partition coefficient (Wildman–Crippen LogP) is 2.88. The molecule has 0 spiro atoms. The van der Waals surface area contributed by atoms with Gasteiger partial charge in [-0.3, -0.25) is 0 Å². The zero-order chi connectivity index (χ0) is 16.5. The molecule has 22 heavy (non-hydrogen) atoms. The van der Waals surface area contributed by atoms with Crippen LogP contribution in [0.15, 0.2) is 21.5 Å². The van der Waals surface area contributed by atoms with Crippen molar-refractivity contribution in [2.24, 2.45) is 0 Å². The number of likely N-dealkylation sites (tertiary alicyclic amines) is 1. The highest BCUT2D eigenvalue weighted by atomic mass is 79.9. The first-order chi connectivity index (χ1) is 10.2. The first-order valence-electron chi connectivity index (χ1n) is 7.11. The number of nitrogens with one attached hydrogen (secondary N) is 1. The van der Waals surface area contributed by atoms with Gasteiger partial charge in [0.1, 0.15) is 16.5 Å². The molecule has 0 atom stereocenters. The van der Waals surface area contributed by atoms with Gasteiger partial charge in [-0.15, -0.1) is 0 Å². The number of hydrogen-bond acceptors (Lipinski definition) is 3. The first-order valence-corrected chi connectivity index (χ1v) is 9.39. The molecule has 2 rings (SSSR count). The number of halogens is 3. The van der Waals surface area contributed by atoms with Gasteiger partial charge in [0.05, 0.1) is 0 Å². The van der Waals surface area contributed by atoms with Crippen LogP contribution in [0.25, 0.3) is 0 Å². The number of hydrogen-bond donors (Lipinski definition) is 1. The molecule has 1 aromatic carbocycles. The maximum absolute atomic E-state index is 13.8. The van der Waals surface area contributed by atoms with E-state index in [-0.39, 0.29) is 10.5 Å². The summed E-state index contributed by atoms with van der Waals surface area (Å²) in [7, 11) is -4.03. The molecule has 0 aliphatic carbocycles. The van der Waals surface area contributed by atoms with Gasteiger partial charge < -0.3 is 4.90 Å². The minimum atomic E-state index is -4.03. The summed E-state index contributed by atoms with van der Waals surface area (Å²) >= 11 is 2.92. The number of benzene rings is 1. The van der Waals surface area contributed by atoms with Gasteiger partial charge in [-0.25, -0.2) is 21.9 Å². The summed E-state index contributed by atoms with van der Waals surface area (Å²) in [6.07, 6.45) is 1.33. The lowest BCUT2D eigenvalue weighted by atomic mass is 10.1. The van der Waals surface area contributed by atoms with E-state index in [2.05, 4.69) is 39.4 Å². The summed E-state index contributed by atoms with van der Waals surface area (Å²) in [5.74, 6) is -1.92. The molecule has 4 nitrogen and oxygen atoms in total. The van der Waals surface area contributed by atoms with E-state index in [1.807, 2.05) is 0 Å². The van der Waals surface area contributed by atoms with Gasteiger partial charge in [0, 0.05) is 22.6 Å². The Hall–Kier alpha value is -0.570. The van der Waals surface area contributed by atoms with E-state index in [9.17, 15) is 17.2 Å². The fourth-order valence-electron chi connectivity index (χ4n) is 2.60. The van der Waals surface area contributed by atoms with Gasteiger partial charge >= 0.3 is 0 Å². The highest BCUT2D eigenvalue weighted by molar-refractivity contribution is 9.10. The van der Waals surface area contributed by atoms with E-state index in [1.54, 1.807) is 0 Å². The van der Waals surface area contributed by atoms with E-state index in [0.29, 0.717) is 24.9 Å². The minimum Gasteiger partial charge on any atom is -0.301 e. The Balaban J connectivity index is 2.13. The molecule has 1 aliphatic heterocycles. The van der Waals surface area contributed by atoms with Crippen LogP contribution >= 0.6 is 15.9 Å². The van der Waals surface area contributed by atoms with Gasteiger partial charge in [-0.05, 0) is 61.8 Å². The second kappa shape index (κ2) is 6.90. The summed E-state index contributed by atoms with van der Waals surface area (Å²) < 4.78 is 54.0. The molecule has 8 heteroatoms. The smallest absolute Gasteiger partial charge is 0.244 e. The number of sulfonamides is 1. The molecule has 1 saturated heterocycles. The minimum absolute atomic E-state index is 0.114. The highest BCUT2D eigenvalue weighted by Gasteiger charge is 2.29. The van der Waals surface area contributed by atoms with Crippen molar-refractivity contribution in [3.8, 4) is 0 Å². The third kappa shape index (κ3) is 4.04. The van der Waals surface area contributed by atoms with Crippen molar-refractivity contribution in [1.82, 2.24) is 9.62 Å². The Kier molecular flexibility index (Phi) is 5.58. The largest absolute Gasteiger partial charge is 0.301 e. The van der Waals surface area contributed by atoms with Crippen LogP contribution in [0.2, 0.25) is 0 Å². The van der Waals surface area contributed by atoms with Crippen LogP contribution in [-0.4, -0.2) is 38.5 Å². The maximum Gasteiger partial charge on any atom is 0.244 e. The summed E-state index contributed by atoms with van der Waals surface area (Å²) in [5, 5.41) is 0. The lowest BCUT2D eigenvalue weighted by molar-refractivity contribution is 0.168. The van der Waals surface area contributed by atoms with Crippen LogP contribution < -0.4 is 4.72 Å². The van der Waals surface area contributed by atoms with E-state index in [0.717, 1.165) is 19.2 Å². The molecule has 0 bridgehead atoms. The van der Waals surface area contributed by atoms with Gasteiger partial charge in [-0.1, -0.05) is 0 Å². The van der Waals surface area contributed by atoms with E-state index in [4.69, 9.17) is 0 Å². The van der Waals surface area contributed by atoms with Crippen molar-refractivity contribution >= 4 is 26.0 Å². The van der Waals surface area contributed by atoms with Crippen LogP contribution in [0.4, 0.5) is 8.78 Å². The highest BCUT2D eigenvalue weighted by Crippen LogP contribution is 2.27. The summed E-state index contributed by atoms with van der Waals surface area (Å²) in [5.41, 5.74) is 0. The normalized spacial score (nSPS) is 18.1. The molecule has 0 saturated carbocycles. The van der Waals surface area contributed by atoms with Gasteiger partial charge in [0.2, 0.25) is 10.0 Å². The predicted molar refractivity (Wildman–Crippen MR) is 84.1 cm³/mol. The lowest BCUT2D eigenvalue weighted by Gasteiger charge is -2.34. The van der Waals surface area contributed by atoms with E-state index < -0.39 is 26.6 Å². The topological polar surface area (TPSA) is 49.4 Å². The Bertz CT molecular complexity index is 621. The standard InChI is InChI=1S/C14H19BrF2N2O2S/c1-9(2)19-5-3-11(4-6-19)18-22(20,21)14-12(15)7-10(16)8-13(14)17/h7-9,11,18H,3-6H2,1-2H3. The third-order valence-electron chi connectivity index (χ3n) is 3.81. The summed E-state index contributed by atoms with van der Waals surface area (Å²) in [4.78, 5) is 1.72. The molecule has 1 N–H and O–H groups in total. The van der Waals surface area contributed by atoms with Crippen LogP contribution in [-0.2, 0) is 10.0 Å². The van der Waals surface area contributed by atoms with Crippen molar-refractivity contribution in [3.63, 3.8) is 0 Å². The molecule has 1 aliphatic rings. The molecule has 0 unspecified atom stereocenters. The van der Waals surface area contributed by atoms with Crippen molar-refractivity contribution < 1.29 is 17.2 Å². The maximum atomic E-state index is 13.8. The Morgan fingerprint density at radius 3 is 2.36 bits per heavy atom. The second-order valence-corrected chi connectivity index (χ2v) is 8.23. The summed E-state index contributed by atoms with van der Waals surface area (Å²) in [6.45, 7) is 5.76. The number of piperidine rings is 1. The fourth-order valence-corrected chi connectivity index (χ4v) is 5.07. The molecule has 0 aromatic heterocycles. The lowest BCUT2D eigenvalue weighted by Crippen LogP contribution is -2.46. The zero-order valence-electron chi connectivity index (χ0n) is 12.4. The van der Waals surface area contributed by atoms with Crippen LogP contribution in [0.5, 0.6) is 0 Å². The Labute approximate surface area is 138 Å². The SMILES string of the molecule is CC(C)N1CCC(NS(=O)(=O)c2c(F)cc(F)cc2Br)CC1. The molecule has 0 amide bonds. The quantitative estimate of drug-likeness (QED) is 0.850.